The molecule has 0 saturated carbocycles. The summed E-state index contributed by atoms with van der Waals surface area (Å²) in [5, 5.41) is 10.3. The van der Waals surface area contributed by atoms with E-state index in [2.05, 4.69) is 0 Å². The third-order valence-electron chi connectivity index (χ3n) is 0.425. The molecule has 0 aliphatic heterocycles. The van der Waals surface area contributed by atoms with Crippen molar-refractivity contribution in [1.82, 2.24) is 0 Å². The summed E-state index contributed by atoms with van der Waals surface area (Å²) in [5.74, 6) is 0. The number of thiophene rings is 1. The molecule has 0 bridgehead atoms. The molecule has 2 heteroatoms. The molecule has 0 N–H and O–H groups in total. The summed E-state index contributed by atoms with van der Waals surface area (Å²) in [6.07, 6.45) is 0. The van der Waals surface area contributed by atoms with Crippen LogP contribution in [0.1, 0.15) is 0 Å². The van der Waals surface area contributed by atoms with Gasteiger partial charge in [0, 0.05) is 0 Å². The Morgan fingerprint density at radius 1 is 1.14 bits per heavy atom. The monoisotopic (exact) mass is 110 g/mol. The second-order valence-corrected chi connectivity index (χ2v) is 1.61. The van der Waals surface area contributed by atoms with Crippen molar-refractivity contribution in [1.29, 1.82) is 5.26 Å². The van der Waals surface area contributed by atoms with E-state index >= 15 is 0 Å². The Labute approximate surface area is 46.8 Å². The summed E-state index contributed by atoms with van der Waals surface area (Å²) < 4.78 is 0. The molecule has 0 aromatic carbocycles. The van der Waals surface area contributed by atoms with E-state index in [1.165, 1.54) is 0 Å². The number of hydrogen-bond donors (Lipinski definition) is 0. The third-order valence-corrected chi connectivity index (χ3v) is 1.05. The van der Waals surface area contributed by atoms with Crippen molar-refractivity contribution >= 4 is 11.3 Å². The molecular weight excluding hydrogens is 106 g/mol. The fourth-order valence-electron chi connectivity index (χ4n) is 0.227. The molecule has 1 rings (SSSR count). The smallest absolute Gasteiger partial charge is 0.00934 e. The first kappa shape index (κ1) is 6.19. The van der Waals surface area contributed by atoms with Crippen LogP contribution in [0, 0.1) is 11.8 Å². The van der Waals surface area contributed by atoms with E-state index in [1.807, 2.05) is 22.9 Å². The molecule has 0 aliphatic carbocycles. The van der Waals surface area contributed by atoms with Gasteiger partial charge in [0.25, 0.3) is 0 Å². The maximum Gasteiger partial charge on any atom is -0.00934 e. The van der Waals surface area contributed by atoms with Gasteiger partial charge in [-0.25, -0.2) is 0 Å². The fourth-order valence-corrected chi connectivity index (χ4v) is 0.680. The minimum atomic E-state index is 1.71. The van der Waals surface area contributed by atoms with Crippen molar-refractivity contribution in [2.45, 2.75) is 0 Å². The molecule has 0 unspecified atom stereocenters. The Hall–Kier alpha value is -0.810. The summed E-state index contributed by atoms with van der Waals surface area (Å²) in [6, 6.07) is 4.04. The molecule has 0 amide bonds. The van der Waals surface area contributed by atoms with Gasteiger partial charge in [-0.1, -0.05) is 12.1 Å². The number of rotatable bonds is 0. The highest BCUT2D eigenvalue weighted by Crippen LogP contribution is 1.91. The molecule has 0 spiro atoms. The van der Waals surface area contributed by atoms with E-state index in [0.29, 0.717) is 0 Å². The number of hydrogen-bond acceptors (Lipinski definition) is 2. The molecular formula is C5H4NS-. The predicted octanol–water partition coefficient (Wildman–Crippen LogP) is 1.84. The third kappa shape index (κ3) is 3.01. The van der Waals surface area contributed by atoms with E-state index in [9.17, 15) is 0 Å². The van der Waals surface area contributed by atoms with Crippen LogP contribution in [0.25, 0.3) is 0 Å². The zero-order valence-electron chi connectivity index (χ0n) is 3.66. The van der Waals surface area contributed by atoms with Crippen molar-refractivity contribution in [2.24, 2.45) is 0 Å². The van der Waals surface area contributed by atoms with Crippen LogP contribution in [0.4, 0.5) is 0 Å². The molecule has 7 heavy (non-hydrogen) atoms. The average Bonchev–Trinajstić information content (AvgIpc) is 2.23. The van der Waals surface area contributed by atoms with Gasteiger partial charge in [-0.05, 0) is 10.8 Å². The van der Waals surface area contributed by atoms with E-state index in [4.69, 9.17) is 11.8 Å². The first-order valence-electron chi connectivity index (χ1n) is 1.70. The van der Waals surface area contributed by atoms with Gasteiger partial charge in [-0.2, -0.15) is 11.3 Å². The van der Waals surface area contributed by atoms with Crippen molar-refractivity contribution in [2.75, 3.05) is 0 Å². The molecule has 1 aromatic rings. The zero-order valence-corrected chi connectivity index (χ0v) is 4.48. The van der Waals surface area contributed by atoms with Crippen molar-refractivity contribution in [3.8, 4) is 0 Å². The van der Waals surface area contributed by atoms with Gasteiger partial charge >= 0.3 is 0 Å². The summed E-state index contributed by atoms with van der Waals surface area (Å²) in [5.41, 5.74) is 0. The van der Waals surface area contributed by atoms with Gasteiger partial charge in [0.1, 0.15) is 0 Å². The molecule has 1 heterocycles. The minimum absolute atomic E-state index is 1.71. The largest absolute Gasteiger partial charge is 0.512 e. The van der Waals surface area contributed by atoms with Gasteiger partial charge in [0.05, 0.1) is 0 Å². The van der Waals surface area contributed by atoms with Gasteiger partial charge in [0.2, 0.25) is 0 Å². The van der Waals surface area contributed by atoms with Crippen molar-refractivity contribution in [3.05, 3.63) is 29.5 Å². The fraction of sp³-hybridized carbons (Fsp3) is 0. The van der Waals surface area contributed by atoms with Crippen LogP contribution in [0.15, 0.2) is 22.9 Å². The SMILES string of the molecule is [C-]#N.c1ccsc1. The first-order valence-corrected chi connectivity index (χ1v) is 2.64. The van der Waals surface area contributed by atoms with Crippen LogP contribution >= 0.6 is 11.3 Å². The molecule has 0 radical (unpaired) electrons. The van der Waals surface area contributed by atoms with Gasteiger partial charge in [-0.15, -0.1) is 0 Å². The highest BCUT2D eigenvalue weighted by Gasteiger charge is 1.58. The molecule has 1 aromatic heterocycles. The number of nitrogens with zero attached hydrogens (tertiary/aromatic N) is 1. The summed E-state index contributed by atoms with van der Waals surface area (Å²) in [4.78, 5) is 0. The standard InChI is InChI=1S/C4H4S.CN/c1-2-4-5-3-1;1-2/h1-4H;/q;-1. The van der Waals surface area contributed by atoms with Gasteiger partial charge in [-0.3, -0.25) is 0 Å². The predicted molar refractivity (Wildman–Crippen MR) is 29.3 cm³/mol. The second-order valence-electron chi connectivity index (χ2n) is 0.793. The molecule has 0 atom stereocenters. The van der Waals surface area contributed by atoms with Crippen molar-refractivity contribution < 1.29 is 0 Å². The Morgan fingerprint density at radius 2 is 1.57 bits per heavy atom. The van der Waals surface area contributed by atoms with E-state index in [1.54, 1.807) is 11.3 Å². The van der Waals surface area contributed by atoms with E-state index in [0.717, 1.165) is 0 Å². The van der Waals surface area contributed by atoms with Gasteiger partial charge in [0.15, 0.2) is 0 Å². The lowest BCUT2D eigenvalue weighted by molar-refractivity contribution is 1.53. The normalized spacial score (nSPS) is 6.00. The topological polar surface area (TPSA) is 23.8 Å². The van der Waals surface area contributed by atoms with Crippen LogP contribution in [0.2, 0.25) is 0 Å². The van der Waals surface area contributed by atoms with Crippen molar-refractivity contribution in [3.63, 3.8) is 0 Å². The van der Waals surface area contributed by atoms with Crippen LogP contribution < -0.4 is 0 Å². The average molecular weight is 110 g/mol. The molecule has 0 saturated heterocycles. The summed E-state index contributed by atoms with van der Waals surface area (Å²) in [7, 11) is 0. The van der Waals surface area contributed by atoms with Crippen LogP contribution in [0.3, 0.4) is 0 Å². The van der Waals surface area contributed by atoms with Crippen LogP contribution in [-0.2, 0) is 0 Å². The lowest BCUT2D eigenvalue weighted by Gasteiger charge is -1.39. The highest BCUT2D eigenvalue weighted by atomic mass is 32.1. The van der Waals surface area contributed by atoms with Crippen LogP contribution in [0.5, 0.6) is 0 Å². The molecule has 0 fully saturated rings. The molecule has 36 valence electrons. The maximum absolute atomic E-state index is 6.25. The Bertz CT molecular complexity index is 91.7. The Balaban J connectivity index is 0.000000162. The minimum Gasteiger partial charge on any atom is -0.512 e. The quantitative estimate of drug-likeness (QED) is 0.467. The second kappa shape index (κ2) is 5.19. The Kier molecular flexibility index (Phi) is 4.59. The van der Waals surface area contributed by atoms with E-state index < -0.39 is 0 Å². The van der Waals surface area contributed by atoms with E-state index in [-0.39, 0.29) is 0 Å². The molecule has 1 nitrogen and oxygen atoms in total. The maximum atomic E-state index is 6.25. The zero-order chi connectivity index (χ0) is 5.54. The first-order chi connectivity index (χ1) is 3.50. The Morgan fingerprint density at radius 3 is 1.71 bits per heavy atom. The highest BCUT2D eigenvalue weighted by molar-refractivity contribution is 7.07. The lowest BCUT2D eigenvalue weighted by atomic mass is 10.7. The van der Waals surface area contributed by atoms with Crippen LogP contribution in [-0.4, -0.2) is 0 Å². The summed E-state index contributed by atoms with van der Waals surface area (Å²) in [6.45, 7) is 4.75. The molecule has 0 aliphatic rings. The lowest BCUT2D eigenvalue weighted by Crippen LogP contribution is -1.16. The summed E-state index contributed by atoms with van der Waals surface area (Å²) >= 11 is 1.71. The van der Waals surface area contributed by atoms with Gasteiger partial charge < -0.3 is 11.8 Å².